The first-order chi connectivity index (χ1) is 16.0. The van der Waals surface area contributed by atoms with E-state index in [2.05, 4.69) is 18.4 Å². The number of carbonyl (C=O) groups is 1. The highest BCUT2D eigenvalue weighted by atomic mass is 35.5. The Hall–Kier alpha value is -2.77. The van der Waals surface area contributed by atoms with Crippen LogP contribution in [0, 0.1) is 18.6 Å². The van der Waals surface area contributed by atoms with Crippen LogP contribution < -0.4 is 5.73 Å². The zero-order valence-electron chi connectivity index (χ0n) is 20.2. The topological polar surface area (TPSA) is 64.2 Å². The molecule has 0 saturated heterocycles. The first-order valence-corrected chi connectivity index (χ1v) is 11.6. The maximum absolute atomic E-state index is 13.7. The lowest BCUT2D eigenvalue weighted by atomic mass is 9.98. The number of aromatic nitrogens is 2. The summed E-state index contributed by atoms with van der Waals surface area (Å²) >= 11 is 5.41. The van der Waals surface area contributed by atoms with Crippen LogP contribution in [-0.4, -0.2) is 33.4 Å². The SMILES string of the molecule is CC(C)c1c(-c2cccc(F)c2)nc2n1CCN(C(=O)CN)C2(C)C.Cc1ccc(Cl)c(F)c1. The molecule has 1 aromatic heterocycles. The van der Waals surface area contributed by atoms with Crippen molar-refractivity contribution in [1.82, 2.24) is 14.5 Å². The van der Waals surface area contributed by atoms with Crippen molar-refractivity contribution in [3.05, 3.63) is 76.2 Å². The summed E-state index contributed by atoms with van der Waals surface area (Å²) in [6.07, 6.45) is 0. The molecule has 0 radical (unpaired) electrons. The van der Waals surface area contributed by atoms with Crippen LogP contribution in [0.1, 0.15) is 50.7 Å². The third-order valence-corrected chi connectivity index (χ3v) is 6.28. The van der Waals surface area contributed by atoms with Crippen LogP contribution >= 0.6 is 11.6 Å². The second kappa shape index (κ2) is 10.2. The molecule has 0 bridgehead atoms. The van der Waals surface area contributed by atoms with Crippen molar-refractivity contribution in [2.24, 2.45) is 5.73 Å². The molecule has 1 aliphatic heterocycles. The van der Waals surface area contributed by atoms with Crippen LogP contribution in [0.2, 0.25) is 5.02 Å². The van der Waals surface area contributed by atoms with Crippen molar-refractivity contribution in [3.63, 3.8) is 0 Å². The summed E-state index contributed by atoms with van der Waals surface area (Å²) in [6.45, 7) is 11.2. The van der Waals surface area contributed by atoms with E-state index in [0.717, 1.165) is 28.3 Å². The summed E-state index contributed by atoms with van der Waals surface area (Å²) in [6, 6.07) is 11.2. The number of hydrogen-bond donors (Lipinski definition) is 1. The number of nitrogens with two attached hydrogens (primary N) is 1. The van der Waals surface area contributed by atoms with E-state index in [1.54, 1.807) is 23.1 Å². The van der Waals surface area contributed by atoms with Crippen LogP contribution in [0.25, 0.3) is 11.3 Å². The van der Waals surface area contributed by atoms with Crippen molar-refractivity contribution >= 4 is 17.5 Å². The summed E-state index contributed by atoms with van der Waals surface area (Å²) in [5, 5.41) is 0.181. The van der Waals surface area contributed by atoms with Gasteiger partial charge in [0.2, 0.25) is 5.91 Å². The zero-order valence-corrected chi connectivity index (χ0v) is 21.0. The highest BCUT2D eigenvalue weighted by Crippen LogP contribution is 2.38. The molecule has 8 heteroatoms. The van der Waals surface area contributed by atoms with Crippen LogP contribution in [0.15, 0.2) is 42.5 Å². The molecule has 2 heterocycles. The van der Waals surface area contributed by atoms with Gasteiger partial charge in [0.15, 0.2) is 0 Å². The predicted molar refractivity (Wildman–Crippen MR) is 132 cm³/mol. The summed E-state index contributed by atoms with van der Waals surface area (Å²) in [5.74, 6) is 0.335. The summed E-state index contributed by atoms with van der Waals surface area (Å²) < 4.78 is 28.4. The monoisotopic (exact) mass is 488 g/mol. The maximum atomic E-state index is 13.7. The van der Waals surface area contributed by atoms with E-state index in [1.807, 2.05) is 26.8 Å². The normalized spacial score (nSPS) is 14.5. The molecule has 1 aliphatic rings. The number of benzene rings is 2. The molecule has 4 rings (SSSR count). The van der Waals surface area contributed by atoms with Gasteiger partial charge in [-0.3, -0.25) is 4.79 Å². The number of carbonyl (C=O) groups excluding carboxylic acids is 1. The lowest BCUT2D eigenvalue weighted by Gasteiger charge is -2.42. The Labute approximate surface area is 204 Å². The smallest absolute Gasteiger partial charge is 0.237 e. The van der Waals surface area contributed by atoms with E-state index in [9.17, 15) is 13.6 Å². The van der Waals surface area contributed by atoms with E-state index in [1.165, 1.54) is 18.2 Å². The Morgan fingerprint density at radius 2 is 1.88 bits per heavy atom. The molecule has 1 amide bonds. The van der Waals surface area contributed by atoms with E-state index in [4.69, 9.17) is 22.3 Å². The molecule has 182 valence electrons. The number of rotatable bonds is 3. The number of amides is 1. The molecule has 0 atom stereocenters. The lowest BCUT2D eigenvalue weighted by Crippen LogP contribution is -2.53. The first-order valence-electron chi connectivity index (χ1n) is 11.3. The Bertz CT molecular complexity index is 1190. The van der Waals surface area contributed by atoms with Gasteiger partial charge in [-0.15, -0.1) is 0 Å². The molecule has 0 saturated carbocycles. The molecular formula is C26H31ClF2N4O. The molecule has 0 aliphatic carbocycles. The maximum Gasteiger partial charge on any atom is 0.237 e. The van der Waals surface area contributed by atoms with Crippen molar-refractivity contribution in [3.8, 4) is 11.3 Å². The molecule has 2 N–H and O–H groups in total. The van der Waals surface area contributed by atoms with Gasteiger partial charge < -0.3 is 15.2 Å². The Morgan fingerprint density at radius 1 is 1.18 bits per heavy atom. The predicted octanol–water partition coefficient (Wildman–Crippen LogP) is 5.64. The van der Waals surface area contributed by atoms with Crippen LogP contribution in [0.4, 0.5) is 8.78 Å². The molecule has 0 spiro atoms. The van der Waals surface area contributed by atoms with Crippen LogP contribution in [-0.2, 0) is 16.9 Å². The Morgan fingerprint density at radius 3 is 2.44 bits per heavy atom. The molecule has 5 nitrogen and oxygen atoms in total. The van der Waals surface area contributed by atoms with Gasteiger partial charge in [0.05, 0.1) is 22.8 Å². The van der Waals surface area contributed by atoms with Crippen molar-refractivity contribution in [1.29, 1.82) is 0 Å². The largest absolute Gasteiger partial charge is 0.327 e. The minimum atomic E-state index is -0.566. The van der Waals surface area contributed by atoms with Gasteiger partial charge in [0.1, 0.15) is 17.5 Å². The van der Waals surface area contributed by atoms with Crippen molar-refractivity contribution < 1.29 is 13.6 Å². The van der Waals surface area contributed by atoms with Gasteiger partial charge >= 0.3 is 0 Å². The average Bonchev–Trinajstić information content (AvgIpc) is 3.18. The fourth-order valence-electron chi connectivity index (χ4n) is 4.34. The summed E-state index contributed by atoms with van der Waals surface area (Å²) in [7, 11) is 0. The standard InChI is InChI=1S/C19H25FN4O.C7H6ClF/c1-12(2)17-16(13-6-5-7-14(20)10-13)22-18-19(3,4)24(15(25)11-21)9-8-23(17)18;1-5-2-3-6(8)7(9)4-5/h5-7,10,12H,8-9,11,21H2,1-4H3;2-4H,1H3. The van der Waals surface area contributed by atoms with E-state index < -0.39 is 5.54 Å². The molecule has 0 fully saturated rings. The number of aryl methyl sites for hydroxylation is 1. The number of imidazole rings is 1. The zero-order chi connectivity index (χ0) is 25.2. The minimum Gasteiger partial charge on any atom is -0.327 e. The van der Waals surface area contributed by atoms with Gasteiger partial charge in [-0.1, -0.05) is 43.6 Å². The van der Waals surface area contributed by atoms with Crippen LogP contribution in [0.3, 0.4) is 0 Å². The van der Waals surface area contributed by atoms with Gasteiger partial charge in [-0.05, 0) is 56.5 Å². The van der Waals surface area contributed by atoms with Crippen molar-refractivity contribution in [2.45, 2.75) is 52.6 Å². The van der Waals surface area contributed by atoms with Crippen molar-refractivity contribution in [2.75, 3.05) is 13.1 Å². The number of hydrogen-bond acceptors (Lipinski definition) is 3. The number of fused-ring (bicyclic) bond motifs is 1. The van der Waals surface area contributed by atoms with E-state index >= 15 is 0 Å². The average molecular weight is 489 g/mol. The lowest BCUT2D eigenvalue weighted by molar-refractivity contribution is -0.137. The Balaban J connectivity index is 0.000000302. The third-order valence-electron chi connectivity index (χ3n) is 5.97. The van der Waals surface area contributed by atoms with Gasteiger partial charge in [-0.25, -0.2) is 13.8 Å². The van der Waals surface area contributed by atoms with E-state index in [-0.39, 0.29) is 35.0 Å². The second-order valence-electron chi connectivity index (χ2n) is 9.21. The molecular weight excluding hydrogens is 458 g/mol. The molecule has 0 unspecified atom stereocenters. The molecule has 3 aromatic rings. The first kappa shape index (κ1) is 25.8. The fourth-order valence-corrected chi connectivity index (χ4v) is 4.46. The summed E-state index contributed by atoms with van der Waals surface area (Å²) in [5.41, 5.74) is 8.53. The Kier molecular flexibility index (Phi) is 7.78. The fraction of sp³-hybridized carbons (Fsp3) is 0.385. The number of halogens is 3. The van der Waals surface area contributed by atoms with E-state index in [0.29, 0.717) is 13.1 Å². The number of nitrogens with zero attached hydrogens (tertiary/aromatic N) is 3. The quantitative estimate of drug-likeness (QED) is 0.519. The molecule has 34 heavy (non-hydrogen) atoms. The van der Waals surface area contributed by atoms with Gasteiger partial charge in [0.25, 0.3) is 0 Å². The molecule has 2 aromatic carbocycles. The van der Waals surface area contributed by atoms with Crippen LogP contribution in [0.5, 0.6) is 0 Å². The third kappa shape index (κ3) is 5.15. The minimum absolute atomic E-state index is 0.0159. The highest BCUT2D eigenvalue weighted by molar-refractivity contribution is 6.30. The summed E-state index contributed by atoms with van der Waals surface area (Å²) in [4.78, 5) is 18.9. The van der Waals surface area contributed by atoms with Gasteiger partial charge in [-0.2, -0.15) is 0 Å². The highest BCUT2D eigenvalue weighted by Gasteiger charge is 2.41. The second-order valence-corrected chi connectivity index (χ2v) is 9.62. The van der Waals surface area contributed by atoms with Gasteiger partial charge in [0, 0.05) is 24.3 Å².